The highest BCUT2D eigenvalue weighted by Gasteiger charge is 2.17. The quantitative estimate of drug-likeness (QED) is 0.598. The highest BCUT2D eigenvalue weighted by atomic mass is 32.1. The van der Waals surface area contributed by atoms with Crippen molar-refractivity contribution in [2.24, 2.45) is 0 Å². The first-order valence-corrected chi connectivity index (χ1v) is 9.60. The van der Waals surface area contributed by atoms with Gasteiger partial charge < -0.3 is 15.3 Å². The van der Waals surface area contributed by atoms with Crippen molar-refractivity contribution in [1.29, 1.82) is 0 Å². The Morgan fingerprint density at radius 2 is 2.12 bits per heavy atom. The normalized spacial score (nSPS) is 16.4. The van der Waals surface area contributed by atoms with Crippen LogP contribution in [0.1, 0.15) is 4.88 Å². The molecular weight excluding hydrogens is 350 g/mol. The fraction of sp³-hybridized carbons (Fsp3) is 0.471. The average molecular weight is 373 g/mol. The molecule has 4 heterocycles. The van der Waals surface area contributed by atoms with Crippen LogP contribution in [0.25, 0.3) is 21.6 Å². The molecule has 1 aliphatic rings. The minimum absolute atomic E-state index is 0.0616. The summed E-state index contributed by atoms with van der Waals surface area (Å²) in [5.74, 6) is 1.41. The number of aromatic nitrogens is 4. The van der Waals surface area contributed by atoms with Crippen molar-refractivity contribution in [3.63, 3.8) is 0 Å². The predicted molar refractivity (Wildman–Crippen MR) is 103 cm³/mol. The number of aromatic amines is 1. The van der Waals surface area contributed by atoms with Crippen LogP contribution in [0.15, 0.2) is 18.5 Å². The highest BCUT2D eigenvalue weighted by Crippen LogP contribution is 2.32. The molecule has 3 aromatic heterocycles. The zero-order chi connectivity index (χ0) is 17.9. The molecule has 0 radical (unpaired) electrons. The summed E-state index contributed by atoms with van der Waals surface area (Å²) in [7, 11) is 2.17. The van der Waals surface area contributed by atoms with Crippen LogP contribution < -0.4 is 5.32 Å². The Balaban J connectivity index is 1.64. The Hall–Kier alpha value is -2.07. The van der Waals surface area contributed by atoms with Gasteiger partial charge in [-0.1, -0.05) is 0 Å². The second-order valence-corrected chi connectivity index (χ2v) is 7.68. The fourth-order valence-corrected chi connectivity index (χ4v) is 4.18. The summed E-state index contributed by atoms with van der Waals surface area (Å²) in [4.78, 5) is 15.5. The molecule has 138 valence electrons. The third kappa shape index (κ3) is 3.70. The van der Waals surface area contributed by atoms with E-state index in [1.54, 1.807) is 23.7 Å². The first-order valence-electron chi connectivity index (χ1n) is 8.78. The van der Waals surface area contributed by atoms with E-state index in [0.29, 0.717) is 12.4 Å². The van der Waals surface area contributed by atoms with E-state index in [4.69, 9.17) is 10.1 Å². The number of likely N-dealkylation sites (N-methyl/N-ethyl adjacent to an activating group) is 1. The Labute approximate surface area is 155 Å². The Bertz CT molecular complexity index is 856. The molecule has 1 saturated heterocycles. The minimum Gasteiger partial charge on any atom is -0.395 e. The van der Waals surface area contributed by atoms with Crippen LogP contribution in [-0.2, 0) is 6.54 Å². The van der Waals surface area contributed by atoms with E-state index in [1.165, 1.54) is 4.88 Å². The summed E-state index contributed by atoms with van der Waals surface area (Å²) < 4.78 is 1.04. The second kappa shape index (κ2) is 7.67. The van der Waals surface area contributed by atoms with Gasteiger partial charge >= 0.3 is 0 Å². The van der Waals surface area contributed by atoms with Gasteiger partial charge in [-0.05, 0) is 13.1 Å². The van der Waals surface area contributed by atoms with Gasteiger partial charge in [0.05, 0.1) is 28.6 Å². The van der Waals surface area contributed by atoms with Gasteiger partial charge in [-0.25, -0.2) is 9.97 Å². The molecule has 0 amide bonds. The van der Waals surface area contributed by atoms with Crippen LogP contribution in [0.4, 0.5) is 5.82 Å². The van der Waals surface area contributed by atoms with E-state index in [9.17, 15) is 0 Å². The highest BCUT2D eigenvalue weighted by molar-refractivity contribution is 7.19. The molecule has 8 nitrogen and oxygen atoms in total. The number of hydrogen-bond acceptors (Lipinski definition) is 8. The average Bonchev–Trinajstić information content (AvgIpc) is 3.30. The molecule has 1 fully saturated rings. The van der Waals surface area contributed by atoms with Gasteiger partial charge in [0, 0.05) is 50.3 Å². The zero-order valence-electron chi connectivity index (χ0n) is 14.8. The van der Waals surface area contributed by atoms with Crippen molar-refractivity contribution in [3.05, 3.63) is 23.3 Å². The summed E-state index contributed by atoms with van der Waals surface area (Å²) >= 11 is 1.73. The third-order valence-corrected chi connectivity index (χ3v) is 5.67. The minimum atomic E-state index is 0.0616. The summed E-state index contributed by atoms with van der Waals surface area (Å²) in [6, 6.07) is 2.16. The van der Waals surface area contributed by atoms with Gasteiger partial charge in [0.2, 0.25) is 0 Å². The lowest BCUT2D eigenvalue weighted by Crippen LogP contribution is -2.43. The van der Waals surface area contributed by atoms with Gasteiger partial charge in [-0.3, -0.25) is 10.00 Å². The number of nitrogens with one attached hydrogen (secondary N) is 2. The molecule has 26 heavy (non-hydrogen) atoms. The molecule has 4 rings (SSSR count). The Morgan fingerprint density at radius 3 is 2.85 bits per heavy atom. The first kappa shape index (κ1) is 17.3. The van der Waals surface area contributed by atoms with Crippen molar-refractivity contribution in [2.45, 2.75) is 6.54 Å². The van der Waals surface area contributed by atoms with Crippen molar-refractivity contribution < 1.29 is 5.11 Å². The molecule has 0 spiro atoms. The topological polar surface area (TPSA) is 93.2 Å². The molecule has 0 aromatic carbocycles. The number of fused-ring (bicyclic) bond motifs is 1. The second-order valence-electron chi connectivity index (χ2n) is 6.54. The van der Waals surface area contributed by atoms with Crippen LogP contribution in [-0.4, -0.2) is 81.5 Å². The Kier molecular flexibility index (Phi) is 5.11. The summed E-state index contributed by atoms with van der Waals surface area (Å²) in [5, 5.41) is 19.2. The maximum absolute atomic E-state index is 9.17. The Morgan fingerprint density at radius 1 is 1.27 bits per heavy atom. The van der Waals surface area contributed by atoms with Crippen molar-refractivity contribution >= 4 is 27.4 Å². The molecule has 9 heteroatoms. The van der Waals surface area contributed by atoms with Crippen LogP contribution in [0, 0.1) is 0 Å². The van der Waals surface area contributed by atoms with E-state index < -0.39 is 0 Å². The third-order valence-electron chi connectivity index (χ3n) is 4.56. The van der Waals surface area contributed by atoms with Crippen molar-refractivity contribution in [1.82, 2.24) is 30.0 Å². The summed E-state index contributed by atoms with van der Waals surface area (Å²) in [6.45, 7) is 5.86. The smallest absolute Gasteiger partial charge is 0.165 e. The van der Waals surface area contributed by atoms with E-state index in [0.717, 1.165) is 54.3 Å². The van der Waals surface area contributed by atoms with Gasteiger partial charge in [-0.15, -0.1) is 11.3 Å². The lowest BCUT2D eigenvalue weighted by Gasteiger charge is -2.31. The van der Waals surface area contributed by atoms with Gasteiger partial charge in [0.15, 0.2) is 5.82 Å². The van der Waals surface area contributed by atoms with E-state index in [2.05, 4.69) is 43.4 Å². The molecule has 0 bridgehead atoms. The maximum atomic E-state index is 9.17. The molecular formula is C17H23N7OS. The van der Waals surface area contributed by atoms with Crippen molar-refractivity contribution in [2.75, 3.05) is 51.7 Å². The monoisotopic (exact) mass is 373 g/mol. The first-order chi connectivity index (χ1) is 12.7. The molecule has 1 aliphatic heterocycles. The maximum Gasteiger partial charge on any atom is 0.165 e. The van der Waals surface area contributed by atoms with E-state index in [1.807, 2.05) is 0 Å². The SMILES string of the molecule is CN1CCN(Cc2cc3nc(-c4cn[nH]c4)nc(NCCO)c3s2)CC1. The number of hydrogen-bond donors (Lipinski definition) is 3. The number of piperazine rings is 1. The van der Waals surface area contributed by atoms with Crippen LogP contribution in [0.2, 0.25) is 0 Å². The van der Waals surface area contributed by atoms with Crippen LogP contribution >= 0.6 is 11.3 Å². The van der Waals surface area contributed by atoms with Crippen LogP contribution in [0.5, 0.6) is 0 Å². The van der Waals surface area contributed by atoms with Crippen molar-refractivity contribution in [3.8, 4) is 11.4 Å². The number of H-pyrrole nitrogens is 1. The number of nitrogens with zero attached hydrogens (tertiary/aromatic N) is 5. The van der Waals surface area contributed by atoms with E-state index >= 15 is 0 Å². The summed E-state index contributed by atoms with van der Waals surface area (Å²) in [6.07, 6.45) is 3.50. The molecule has 0 aliphatic carbocycles. The number of aliphatic hydroxyl groups is 1. The fourth-order valence-electron chi connectivity index (χ4n) is 3.08. The lowest BCUT2D eigenvalue weighted by atomic mass is 10.3. The van der Waals surface area contributed by atoms with Crippen LogP contribution in [0.3, 0.4) is 0 Å². The van der Waals surface area contributed by atoms with E-state index in [-0.39, 0.29) is 6.61 Å². The number of rotatable bonds is 6. The predicted octanol–water partition coefficient (Wildman–Crippen LogP) is 1.23. The molecule has 0 atom stereocenters. The van der Waals surface area contributed by atoms with Gasteiger partial charge in [0.1, 0.15) is 5.82 Å². The molecule has 0 saturated carbocycles. The standard InChI is InChI=1S/C17H23N7OS/c1-23-3-5-24(6-4-23)11-13-8-14-15(26-13)17(18-2-7-25)22-16(21-14)12-9-19-20-10-12/h8-10,25H,2-7,11H2,1H3,(H,19,20)(H,18,21,22). The lowest BCUT2D eigenvalue weighted by molar-refractivity contribution is 0.149. The van der Waals surface area contributed by atoms with Gasteiger partial charge in [0.25, 0.3) is 0 Å². The number of thiophene rings is 1. The largest absolute Gasteiger partial charge is 0.395 e. The van der Waals surface area contributed by atoms with Gasteiger partial charge in [-0.2, -0.15) is 5.10 Å². The summed E-state index contributed by atoms with van der Waals surface area (Å²) in [5.41, 5.74) is 1.79. The molecule has 0 unspecified atom stereocenters. The number of anilines is 1. The molecule has 3 aromatic rings. The zero-order valence-corrected chi connectivity index (χ0v) is 15.6. The number of aliphatic hydroxyl groups excluding tert-OH is 1. The molecule has 3 N–H and O–H groups in total.